The minimum absolute atomic E-state index is 0.188. The molecule has 0 aliphatic carbocycles. The van der Waals surface area contributed by atoms with Crippen LogP contribution >= 0.6 is 0 Å². The highest BCUT2D eigenvalue weighted by Gasteiger charge is 2.06. The zero-order valence-electron chi connectivity index (χ0n) is 9.11. The van der Waals surface area contributed by atoms with Crippen molar-refractivity contribution in [3.05, 3.63) is 40.2 Å². The van der Waals surface area contributed by atoms with Crippen molar-refractivity contribution in [2.45, 2.75) is 13.8 Å². The summed E-state index contributed by atoms with van der Waals surface area (Å²) in [6, 6.07) is 1.62. The van der Waals surface area contributed by atoms with Crippen LogP contribution in [-0.2, 0) is 0 Å². The third-order valence-electron chi connectivity index (χ3n) is 2.30. The molecule has 0 bridgehead atoms. The summed E-state index contributed by atoms with van der Waals surface area (Å²) in [5, 5.41) is 0. The van der Waals surface area contributed by atoms with E-state index in [9.17, 15) is 4.79 Å². The molecule has 2 heterocycles. The van der Waals surface area contributed by atoms with Crippen molar-refractivity contribution in [2.75, 3.05) is 5.73 Å². The number of aromatic amines is 1. The number of pyridine rings is 1. The van der Waals surface area contributed by atoms with Crippen LogP contribution in [0.15, 0.2) is 23.3 Å². The molecule has 0 aliphatic heterocycles. The maximum Gasteiger partial charge on any atom is 0.271 e. The Hall–Kier alpha value is -2.17. The van der Waals surface area contributed by atoms with Crippen molar-refractivity contribution in [3.8, 4) is 11.3 Å². The van der Waals surface area contributed by atoms with E-state index in [1.165, 1.54) is 0 Å². The molecule has 0 aliphatic rings. The number of hydrogen-bond acceptors (Lipinski definition) is 4. The molecule has 0 fully saturated rings. The summed E-state index contributed by atoms with van der Waals surface area (Å²) in [5.74, 6) is 0.686. The maximum atomic E-state index is 11.1. The van der Waals surface area contributed by atoms with Crippen LogP contribution in [0.25, 0.3) is 11.3 Å². The fourth-order valence-corrected chi connectivity index (χ4v) is 1.46. The van der Waals surface area contributed by atoms with Gasteiger partial charge >= 0.3 is 0 Å². The third kappa shape index (κ3) is 1.79. The van der Waals surface area contributed by atoms with Crippen LogP contribution in [0, 0.1) is 13.8 Å². The molecule has 0 radical (unpaired) electrons. The SMILES string of the molecule is Cc1ncc(C)c(-c2c[nH]c(=O)c(N)c2)n1. The Morgan fingerprint density at radius 3 is 2.81 bits per heavy atom. The Labute approximate surface area is 92.4 Å². The van der Waals surface area contributed by atoms with E-state index >= 15 is 0 Å². The van der Waals surface area contributed by atoms with Gasteiger partial charge in [0.05, 0.1) is 11.4 Å². The lowest BCUT2D eigenvalue weighted by Crippen LogP contribution is -2.11. The van der Waals surface area contributed by atoms with E-state index in [4.69, 9.17) is 5.73 Å². The number of H-pyrrole nitrogens is 1. The van der Waals surface area contributed by atoms with Crippen LogP contribution in [-0.4, -0.2) is 15.0 Å². The standard InChI is InChI=1S/C11H12N4O/c1-6-4-13-7(2)15-10(6)8-3-9(12)11(16)14-5-8/h3-5H,12H2,1-2H3,(H,14,16). The van der Waals surface area contributed by atoms with Gasteiger partial charge in [0.15, 0.2) is 0 Å². The molecule has 0 aromatic carbocycles. The second kappa shape index (κ2) is 3.77. The molecule has 82 valence electrons. The van der Waals surface area contributed by atoms with Gasteiger partial charge in [0.2, 0.25) is 0 Å². The van der Waals surface area contributed by atoms with Gasteiger partial charge in [-0.2, -0.15) is 0 Å². The average Bonchev–Trinajstić information content (AvgIpc) is 2.26. The number of aryl methyl sites for hydroxylation is 2. The number of hydrogen-bond donors (Lipinski definition) is 2. The van der Waals surface area contributed by atoms with Crippen LogP contribution in [0.5, 0.6) is 0 Å². The fourth-order valence-electron chi connectivity index (χ4n) is 1.46. The first-order valence-electron chi connectivity index (χ1n) is 4.87. The second-order valence-corrected chi connectivity index (χ2v) is 3.62. The minimum atomic E-state index is -0.285. The maximum absolute atomic E-state index is 11.1. The number of nitrogens with two attached hydrogens (primary N) is 1. The molecule has 5 nitrogen and oxygen atoms in total. The summed E-state index contributed by atoms with van der Waals surface area (Å²) >= 11 is 0. The number of nitrogens with one attached hydrogen (secondary N) is 1. The highest BCUT2D eigenvalue weighted by molar-refractivity contribution is 5.64. The van der Waals surface area contributed by atoms with Gasteiger partial charge in [-0.25, -0.2) is 9.97 Å². The van der Waals surface area contributed by atoms with Gasteiger partial charge in [-0.1, -0.05) is 0 Å². The van der Waals surface area contributed by atoms with Crippen LogP contribution < -0.4 is 11.3 Å². The first kappa shape index (κ1) is 10.4. The number of aromatic nitrogens is 3. The van der Waals surface area contributed by atoms with Gasteiger partial charge in [0, 0.05) is 18.0 Å². The van der Waals surface area contributed by atoms with E-state index in [1.807, 2.05) is 13.8 Å². The summed E-state index contributed by atoms with van der Waals surface area (Å²) in [4.78, 5) is 22.1. The van der Waals surface area contributed by atoms with Gasteiger partial charge in [-0.3, -0.25) is 4.79 Å². The van der Waals surface area contributed by atoms with Gasteiger partial charge in [-0.05, 0) is 25.5 Å². The van der Waals surface area contributed by atoms with Crippen molar-refractivity contribution in [3.63, 3.8) is 0 Å². The molecule has 0 saturated carbocycles. The summed E-state index contributed by atoms with van der Waals surface area (Å²) in [6.07, 6.45) is 3.35. The Bertz CT molecular complexity index is 589. The summed E-state index contributed by atoms with van der Waals surface area (Å²) in [6.45, 7) is 3.73. The van der Waals surface area contributed by atoms with Crippen LogP contribution in [0.1, 0.15) is 11.4 Å². The molecule has 16 heavy (non-hydrogen) atoms. The number of nitrogen functional groups attached to an aromatic ring is 1. The Morgan fingerprint density at radius 1 is 1.38 bits per heavy atom. The quantitative estimate of drug-likeness (QED) is 0.745. The fraction of sp³-hybridized carbons (Fsp3) is 0.182. The largest absolute Gasteiger partial charge is 0.394 e. The second-order valence-electron chi connectivity index (χ2n) is 3.62. The molecule has 0 atom stereocenters. The van der Waals surface area contributed by atoms with E-state index < -0.39 is 0 Å². The first-order chi connectivity index (χ1) is 7.58. The van der Waals surface area contributed by atoms with Crippen molar-refractivity contribution in [1.82, 2.24) is 15.0 Å². The number of anilines is 1. The minimum Gasteiger partial charge on any atom is -0.394 e. The lowest BCUT2D eigenvalue weighted by atomic mass is 10.1. The van der Waals surface area contributed by atoms with E-state index in [-0.39, 0.29) is 11.2 Å². The molecule has 2 rings (SSSR count). The first-order valence-corrected chi connectivity index (χ1v) is 4.87. The third-order valence-corrected chi connectivity index (χ3v) is 2.30. The molecule has 0 saturated heterocycles. The molecular formula is C11H12N4O. The Morgan fingerprint density at radius 2 is 2.12 bits per heavy atom. The lowest BCUT2D eigenvalue weighted by Gasteiger charge is -2.05. The molecule has 0 amide bonds. The van der Waals surface area contributed by atoms with E-state index in [2.05, 4.69) is 15.0 Å². The van der Waals surface area contributed by atoms with Crippen LogP contribution in [0.3, 0.4) is 0 Å². The van der Waals surface area contributed by atoms with E-state index in [1.54, 1.807) is 18.5 Å². The topological polar surface area (TPSA) is 84.7 Å². The number of nitrogens with zero attached hydrogens (tertiary/aromatic N) is 2. The van der Waals surface area contributed by atoms with Gasteiger partial charge in [0.1, 0.15) is 5.82 Å². The van der Waals surface area contributed by atoms with Crippen molar-refractivity contribution in [1.29, 1.82) is 0 Å². The highest BCUT2D eigenvalue weighted by Crippen LogP contribution is 2.19. The Balaban J connectivity index is 2.62. The van der Waals surface area contributed by atoms with E-state index in [0.717, 1.165) is 16.8 Å². The molecule has 2 aromatic rings. The van der Waals surface area contributed by atoms with Gasteiger partial charge in [0.25, 0.3) is 5.56 Å². The molecule has 0 spiro atoms. The molecule has 0 unspecified atom stereocenters. The average molecular weight is 216 g/mol. The molecular weight excluding hydrogens is 204 g/mol. The smallest absolute Gasteiger partial charge is 0.271 e. The summed E-state index contributed by atoms with van der Waals surface area (Å²) < 4.78 is 0. The van der Waals surface area contributed by atoms with Crippen LogP contribution in [0.2, 0.25) is 0 Å². The van der Waals surface area contributed by atoms with Crippen molar-refractivity contribution < 1.29 is 0 Å². The van der Waals surface area contributed by atoms with Crippen LogP contribution in [0.4, 0.5) is 5.69 Å². The summed E-state index contributed by atoms with van der Waals surface area (Å²) in [7, 11) is 0. The number of rotatable bonds is 1. The van der Waals surface area contributed by atoms with Crippen molar-refractivity contribution >= 4 is 5.69 Å². The zero-order chi connectivity index (χ0) is 11.7. The monoisotopic (exact) mass is 216 g/mol. The zero-order valence-corrected chi connectivity index (χ0v) is 9.11. The Kier molecular flexibility index (Phi) is 2.44. The highest BCUT2D eigenvalue weighted by atomic mass is 16.1. The van der Waals surface area contributed by atoms with Gasteiger partial charge < -0.3 is 10.7 Å². The van der Waals surface area contributed by atoms with Gasteiger partial charge in [-0.15, -0.1) is 0 Å². The van der Waals surface area contributed by atoms with E-state index in [0.29, 0.717) is 5.82 Å². The predicted octanol–water partition coefficient (Wildman–Crippen LogP) is 1.03. The predicted molar refractivity (Wildman–Crippen MR) is 62.0 cm³/mol. The molecule has 3 N–H and O–H groups in total. The molecule has 2 aromatic heterocycles. The lowest BCUT2D eigenvalue weighted by molar-refractivity contribution is 1.03. The van der Waals surface area contributed by atoms with Crippen molar-refractivity contribution in [2.24, 2.45) is 0 Å². The normalized spacial score (nSPS) is 10.4. The summed E-state index contributed by atoms with van der Waals surface area (Å²) in [5.41, 5.74) is 7.98. The molecule has 5 heteroatoms.